The summed E-state index contributed by atoms with van der Waals surface area (Å²) in [5.74, 6) is -0.629. The fourth-order valence-corrected chi connectivity index (χ4v) is 1.44. The minimum absolute atomic E-state index is 0.0768. The third-order valence-corrected chi connectivity index (χ3v) is 2.53. The van der Waals surface area contributed by atoms with Crippen LogP contribution in [0.15, 0.2) is 36.2 Å². The zero-order valence-electron chi connectivity index (χ0n) is 12.7. The molecule has 0 fully saturated rings. The number of pyridine rings is 1. The van der Waals surface area contributed by atoms with Crippen LogP contribution in [0.25, 0.3) is 0 Å². The summed E-state index contributed by atoms with van der Waals surface area (Å²) in [6.07, 6.45) is 3.40. The van der Waals surface area contributed by atoms with Crippen LogP contribution in [-0.2, 0) is 4.79 Å². The Morgan fingerprint density at radius 1 is 1.55 bits per heavy atom. The van der Waals surface area contributed by atoms with Crippen LogP contribution in [0.2, 0.25) is 0 Å². The quantitative estimate of drug-likeness (QED) is 0.252. The van der Waals surface area contributed by atoms with Crippen LogP contribution in [-0.4, -0.2) is 22.0 Å². The van der Waals surface area contributed by atoms with E-state index in [2.05, 4.69) is 16.9 Å². The lowest BCUT2D eigenvalue weighted by Crippen LogP contribution is -2.18. The number of anilines is 2. The SMILES string of the molecule is C=C/C(C(=O)Nc1ccnc(N)c1C=N)=C(\C)[N+](=O)[O-].CC. The molecule has 0 spiro atoms. The minimum atomic E-state index is -0.706. The van der Waals surface area contributed by atoms with Gasteiger partial charge in [0.15, 0.2) is 0 Å². The molecule has 1 rings (SSSR count). The van der Waals surface area contributed by atoms with E-state index in [1.54, 1.807) is 0 Å². The van der Waals surface area contributed by atoms with Gasteiger partial charge >= 0.3 is 0 Å². The summed E-state index contributed by atoms with van der Waals surface area (Å²) in [5, 5.41) is 20.4. The van der Waals surface area contributed by atoms with E-state index in [-0.39, 0.29) is 28.3 Å². The third-order valence-electron chi connectivity index (χ3n) is 2.53. The molecule has 1 aromatic heterocycles. The van der Waals surface area contributed by atoms with Crippen LogP contribution in [0.4, 0.5) is 11.5 Å². The fraction of sp³-hybridized carbons (Fsp3) is 0.214. The maximum atomic E-state index is 12.0. The molecule has 0 aliphatic rings. The first-order valence-corrected chi connectivity index (χ1v) is 6.46. The largest absolute Gasteiger partial charge is 0.383 e. The second kappa shape index (κ2) is 9.01. The van der Waals surface area contributed by atoms with Crippen molar-refractivity contribution in [3.63, 3.8) is 0 Å². The highest BCUT2D eigenvalue weighted by molar-refractivity contribution is 6.08. The fourth-order valence-electron chi connectivity index (χ4n) is 1.44. The highest BCUT2D eigenvalue weighted by Gasteiger charge is 2.18. The number of nitro groups is 1. The second-order valence-electron chi connectivity index (χ2n) is 3.72. The number of aromatic nitrogens is 1. The first-order valence-electron chi connectivity index (χ1n) is 6.46. The van der Waals surface area contributed by atoms with Crippen molar-refractivity contribution in [2.45, 2.75) is 20.8 Å². The smallest absolute Gasteiger partial charge is 0.262 e. The lowest BCUT2D eigenvalue weighted by atomic mass is 10.1. The van der Waals surface area contributed by atoms with Crippen LogP contribution in [0.3, 0.4) is 0 Å². The molecule has 1 aromatic rings. The van der Waals surface area contributed by atoms with Crippen molar-refractivity contribution in [2.24, 2.45) is 0 Å². The lowest BCUT2D eigenvalue weighted by Gasteiger charge is -2.09. The van der Waals surface area contributed by atoms with Crippen molar-refractivity contribution < 1.29 is 9.72 Å². The van der Waals surface area contributed by atoms with E-state index in [1.165, 1.54) is 19.2 Å². The highest BCUT2D eigenvalue weighted by atomic mass is 16.6. The van der Waals surface area contributed by atoms with Gasteiger partial charge in [0.2, 0.25) is 0 Å². The van der Waals surface area contributed by atoms with Gasteiger partial charge in [0.1, 0.15) is 11.4 Å². The number of nitrogen functional groups attached to an aromatic ring is 1. The molecule has 8 nitrogen and oxygen atoms in total. The number of allylic oxidation sites excluding steroid dienone is 1. The van der Waals surface area contributed by atoms with Gasteiger partial charge in [0.05, 0.1) is 16.2 Å². The summed E-state index contributed by atoms with van der Waals surface area (Å²) in [7, 11) is 0. The molecule has 0 saturated heterocycles. The second-order valence-corrected chi connectivity index (χ2v) is 3.72. The maximum absolute atomic E-state index is 12.0. The first kappa shape index (κ1) is 19.0. The molecule has 0 radical (unpaired) electrons. The van der Waals surface area contributed by atoms with Crippen LogP contribution in [0.1, 0.15) is 26.3 Å². The van der Waals surface area contributed by atoms with Crippen molar-refractivity contribution in [2.75, 3.05) is 11.1 Å². The van der Waals surface area contributed by atoms with Gasteiger partial charge < -0.3 is 16.5 Å². The molecule has 1 amide bonds. The number of carbonyl (C=O) groups is 1. The van der Waals surface area contributed by atoms with Gasteiger partial charge in [-0.2, -0.15) is 0 Å². The van der Waals surface area contributed by atoms with Crippen LogP contribution in [0.5, 0.6) is 0 Å². The van der Waals surface area contributed by atoms with Gasteiger partial charge in [-0.3, -0.25) is 14.9 Å². The number of rotatable bonds is 5. The van der Waals surface area contributed by atoms with Crippen LogP contribution in [0, 0.1) is 15.5 Å². The Labute approximate surface area is 128 Å². The first-order chi connectivity index (χ1) is 10.4. The predicted molar refractivity (Wildman–Crippen MR) is 86.4 cm³/mol. The molecular weight excluding hydrogens is 286 g/mol. The van der Waals surface area contributed by atoms with Crippen molar-refractivity contribution >= 4 is 23.6 Å². The van der Waals surface area contributed by atoms with E-state index >= 15 is 0 Å². The summed E-state index contributed by atoms with van der Waals surface area (Å²) in [6, 6.07) is 1.44. The summed E-state index contributed by atoms with van der Waals surface area (Å²) >= 11 is 0. The lowest BCUT2D eigenvalue weighted by molar-refractivity contribution is -0.425. The van der Waals surface area contributed by atoms with Gasteiger partial charge in [0, 0.05) is 19.3 Å². The van der Waals surface area contributed by atoms with Gasteiger partial charge in [-0.05, 0) is 6.07 Å². The normalized spacial score (nSPS) is 10.5. The molecule has 0 bridgehead atoms. The number of carbonyl (C=O) groups excluding carboxylic acids is 1. The van der Waals surface area contributed by atoms with Gasteiger partial charge in [-0.25, -0.2) is 4.98 Å². The number of nitrogens with zero attached hydrogens (tertiary/aromatic N) is 2. The number of amides is 1. The van der Waals surface area contributed by atoms with Crippen molar-refractivity contribution in [3.05, 3.63) is 51.9 Å². The number of hydrogen-bond donors (Lipinski definition) is 3. The van der Waals surface area contributed by atoms with Gasteiger partial charge in [0.25, 0.3) is 11.6 Å². The molecule has 0 unspecified atom stereocenters. The van der Waals surface area contributed by atoms with E-state index in [1.807, 2.05) is 13.8 Å². The van der Waals surface area contributed by atoms with Crippen LogP contribution >= 0.6 is 0 Å². The van der Waals surface area contributed by atoms with E-state index < -0.39 is 10.8 Å². The molecule has 22 heavy (non-hydrogen) atoms. The monoisotopic (exact) mass is 305 g/mol. The number of nitrogens with one attached hydrogen (secondary N) is 2. The molecule has 1 heterocycles. The van der Waals surface area contributed by atoms with E-state index in [0.717, 1.165) is 12.3 Å². The topological polar surface area (TPSA) is 135 Å². The Morgan fingerprint density at radius 2 is 2.14 bits per heavy atom. The molecular formula is C14H19N5O3. The average Bonchev–Trinajstić information content (AvgIpc) is 2.50. The van der Waals surface area contributed by atoms with E-state index in [4.69, 9.17) is 11.1 Å². The highest BCUT2D eigenvalue weighted by Crippen LogP contribution is 2.19. The summed E-state index contributed by atoms with van der Waals surface area (Å²) < 4.78 is 0. The molecule has 118 valence electrons. The molecule has 0 aliphatic carbocycles. The Balaban J connectivity index is 0.00000211. The molecule has 0 atom stereocenters. The van der Waals surface area contributed by atoms with Crippen LogP contribution < -0.4 is 11.1 Å². The van der Waals surface area contributed by atoms with Crippen molar-refractivity contribution in [1.29, 1.82) is 5.41 Å². The van der Waals surface area contributed by atoms with E-state index in [9.17, 15) is 14.9 Å². The predicted octanol–water partition coefficient (Wildman–Crippen LogP) is 2.36. The van der Waals surface area contributed by atoms with Crippen molar-refractivity contribution in [3.8, 4) is 0 Å². The molecule has 4 N–H and O–H groups in total. The molecule has 0 aromatic carbocycles. The minimum Gasteiger partial charge on any atom is -0.383 e. The number of nitrogens with two attached hydrogens (primary N) is 1. The zero-order valence-corrected chi connectivity index (χ0v) is 12.7. The summed E-state index contributed by atoms with van der Waals surface area (Å²) in [6.45, 7) is 8.59. The number of hydrogen-bond acceptors (Lipinski definition) is 6. The average molecular weight is 305 g/mol. The Bertz CT molecular complexity index is 623. The van der Waals surface area contributed by atoms with E-state index in [0.29, 0.717) is 0 Å². The summed E-state index contributed by atoms with van der Waals surface area (Å²) in [5.41, 5.74) is 5.55. The molecule has 0 aliphatic heterocycles. The Kier molecular flexibility index (Phi) is 7.77. The Morgan fingerprint density at radius 3 is 2.59 bits per heavy atom. The zero-order chi connectivity index (χ0) is 17.3. The maximum Gasteiger partial charge on any atom is 0.262 e. The standard InChI is InChI=1S/C12H13N5O3.C2H6/c1-3-8(7(2)17(19)20)12(18)16-10-4-5-15-11(14)9(10)6-13;1-2/h3-6,13H,1H2,2H3,(H3,14,15,16,18);1-2H3/b8-7-,13-6?;. The van der Waals surface area contributed by atoms with Crippen molar-refractivity contribution in [1.82, 2.24) is 4.98 Å². The van der Waals surface area contributed by atoms with Gasteiger partial charge in [-0.15, -0.1) is 0 Å². The molecule has 8 heteroatoms. The molecule has 0 saturated carbocycles. The Hall–Kier alpha value is -3.03. The van der Waals surface area contributed by atoms with Gasteiger partial charge in [-0.1, -0.05) is 26.5 Å². The third kappa shape index (κ3) is 4.51. The summed E-state index contributed by atoms with van der Waals surface area (Å²) in [4.78, 5) is 25.8.